The quantitative estimate of drug-likeness (QED) is 0.763. The number of halogens is 1. The molecule has 0 N–H and O–H groups in total. The summed E-state index contributed by atoms with van der Waals surface area (Å²) in [6.07, 6.45) is 0.294. The number of rotatable bonds is 2. The fourth-order valence-electron chi connectivity index (χ4n) is 3.43. The Bertz CT molecular complexity index is 796. The number of carbonyl (C=O) groups excluding carboxylic acids is 1. The van der Waals surface area contributed by atoms with Crippen LogP contribution in [0.5, 0.6) is 0 Å². The maximum atomic E-state index is 13.2. The average molecular weight is 400 g/mol. The number of amides is 1. The minimum atomic E-state index is -3.82. The molecule has 9 heteroatoms. The Hall–Kier alpha value is -1.71. The predicted octanol–water partition coefficient (Wildman–Crippen LogP) is 2.57. The lowest BCUT2D eigenvalue weighted by Crippen LogP contribution is -2.56. The zero-order valence-electron chi connectivity index (χ0n) is 15.8. The van der Waals surface area contributed by atoms with Gasteiger partial charge in [0.25, 0.3) is 0 Å². The van der Waals surface area contributed by atoms with Crippen molar-refractivity contribution >= 4 is 16.1 Å². The summed E-state index contributed by atoms with van der Waals surface area (Å²) >= 11 is 0. The average Bonchev–Trinajstić information content (AvgIpc) is 2.98. The SMILES string of the molecule is CC(C)(C)OC(=O)N1CCC2(CC1)OCCN2S(=O)(=O)c1ccc(F)cc1. The maximum Gasteiger partial charge on any atom is 0.410 e. The van der Waals surface area contributed by atoms with Crippen LogP contribution in [0.2, 0.25) is 0 Å². The van der Waals surface area contributed by atoms with Crippen LogP contribution in [0.25, 0.3) is 0 Å². The highest BCUT2D eigenvalue weighted by Gasteiger charge is 2.51. The number of hydrogen-bond acceptors (Lipinski definition) is 5. The van der Waals surface area contributed by atoms with E-state index < -0.39 is 33.3 Å². The first-order valence-electron chi connectivity index (χ1n) is 8.94. The molecular weight excluding hydrogens is 375 g/mol. The molecule has 0 bridgehead atoms. The summed E-state index contributed by atoms with van der Waals surface area (Å²) in [7, 11) is -3.82. The Morgan fingerprint density at radius 1 is 1.15 bits per heavy atom. The van der Waals surface area contributed by atoms with Crippen LogP contribution >= 0.6 is 0 Å². The van der Waals surface area contributed by atoms with Crippen LogP contribution in [0.15, 0.2) is 29.2 Å². The van der Waals surface area contributed by atoms with Gasteiger partial charge in [0.2, 0.25) is 10.0 Å². The highest BCUT2D eigenvalue weighted by atomic mass is 32.2. The number of piperidine rings is 1. The third kappa shape index (κ3) is 4.09. The first-order valence-corrected chi connectivity index (χ1v) is 10.4. The van der Waals surface area contributed by atoms with Gasteiger partial charge in [-0.2, -0.15) is 4.31 Å². The van der Waals surface area contributed by atoms with Crippen molar-refractivity contribution in [3.05, 3.63) is 30.1 Å². The maximum absolute atomic E-state index is 13.2. The Labute approximate surface area is 159 Å². The third-order valence-corrected chi connectivity index (χ3v) is 6.68. The molecule has 0 unspecified atom stereocenters. The largest absolute Gasteiger partial charge is 0.444 e. The molecule has 150 valence electrons. The first-order chi connectivity index (χ1) is 12.5. The summed E-state index contributed by atoms with van der Waals surface area (Å²) in [6.45, 7) is 6.59. The van der Waals surface area contributed by atoms with E-state index in [-0.39, 0.29) is 18.0 Å². The molecule has 2 heterocycles. The minimum Gasteiger partial charge on any atom is -0.444 e. The summed E-state index contributed by atoms with van der Waals surface area (Å²) in [5.41, 5.74) is -1.57. The van der Waals surface area contributed by atoms with Crippen LogP contribution in [-0.2, 0) is 19.5 Å². The van der Waals surface area contributed by atoms with Crippen LogP contribution in [0.1, 0.15) is 33.6 Å². The van der Waals surface area contributed by atoms with Gasteiger partial charge in [-0.25, -0.2) is 17.6 Å². The van der Waals surface area contributed by atoms with Crippen LogP contribution in [0.3, 0.4) is 0 Å². The monoisotopic (exact) mass is 400 g/mol. The zero-order chi connectivity index (χ0) is 19.9. The fraction of sp³-hybridized carbons (Fsp3) is 0.611. The first kappa shape index (κ1) is 20.0. The molecular formula is C18H25FN2O5S. The number of carbonyl (C=O) groups is 1. The Morgan fingerprint density at radius 3 is 2.30 bits per heavy atom. The molecule has 0 radical (unpaired) electrons. The highest BCUT2D eigenvalue weighted by molar-refractivity contribution is 7.89. The molecule has 1 aromatic carbocycles. The molecule has 2 saturated heterocycles. The van der Waals surface area contributed by atoms with Gasteiger partial charge in [-0.3, -0.25) is 0 Å². The molecule has 1 aromatic rings. The molecule has 7 nitrogen and oxygen atoms in total. The Kier molecular flexibility index (Phi) is 5.22. The molecule has 0 saturated carbocycles. The van der Waals surface area contributed by atoms with Gasteiger partial charge in [0.05, 0.1) is 11.5 Å². The summed E-state index contributed by atoms with van der Waals surface area (Å²) in [4.78, 5) is 13.8. The van der Waals surface area contributed by atoms with Gasteiger partial charge in [-0.1, -0.05) is 0 Å². The number of likely N-dealkylation sites (tertiary alicyclic amines) is 1. The normalized spacial score (nSPS) is 20.8. The molecule has 0 aliphatic carbocycles. The fourth-order valence-corrected chi connectivity index (χ4v) is 5.15. The van der Waals surface area contributed by atoms with Crippen molar-refractivity contribution in [1.82, 2.24) is 9.21 Å². The van der Waals surface area contributed by atoms with Gasteiger partial charge in [0.15, 0.2) is 0 Å². The molecule has 0 atom stereocenters. The van der Waals surface area contributed by atoms with E-state index in [1.807, 2.05) is 0 Å². The number of ether oxygens (including phenoxy) is 2. The molecule has 0 aromatic heterocycles. The van der Waals surface area contributed by atoms with E-state index in [2.05, 4.69) is 0 Å². The van der Waals surface area contributed by atoms with Gasteiger partial charge in [-0.15, -0.1) is 0 Å². The van der Waals surface area contributed by atoms with E-state index in [4.69, 9.17) is 9.47 Å². The van der Waals surface area contributed by atoms with Crippen molar-refractivity contribution < 1.29 is 27.1 Å². The molecule has 27 heavy (non-hydrogen) atoms. The molecule has 2 aliphatic rings. The van der Waals surface area contributed by atoms with Crippen molar-refractivity contribution in [3.8, 4) is 0 Å². The van der Waals surface area contributed by atoms with Crippen molar-refractivity contribution in [2.75, 3.05) is 26.2 Å². The van der Waals surface area contributed by atoms with Crippen LogP contribution in [-0.4, -0.2) is 61.3 Å². The molecule has 1 amide bonds. The van der Waals surface area contributed by atoms with Crippen molar-refractivity contribution in [1.29, 1.82) is 0 Å². The standard InChI is InChI=1S/C18H25FN2O5S/c1-17(2,3)26-16(22)20-10-8-18(9-11-20)21(12-13-25-18)27(23,24)15-6-4-14(19)5-7-15/h4-7H,8-13H2,1-3H3. The Morgan fingerprint density at radius 2 is 1.74 bits per heavy atom. The predicted molar refractivity (Wildman–Crippen MR) is 96.0 cm³/mol. The van der Waals surface area contributed by atoms with E-state index in [1.54, 1.807) is 25.7 Å². The zero-order valence-corrected chi connectivity index (χ0v) is 16.6. The second-order valence-electron chi connectivity index (χ2n) is 7.79. The van der Waals surface area contributed by atoms with Crippen LogP contribution < -0.4 is 0 Å². The molecule has 2 fully saturated rings. The molecule has 3 rings (SSSR count). The minimum absolute atomic E-state index is 0.0309. The topological polar surface area (TPSA) is 76.2 Å². The number of sulfonamides is 1. The van der Waals surface area contributed by atoms with E-state index in [0.29, 0.717) is 25.9 Å². The van der Waals surface area contributed by atoms with Crippen LogP contribution in [0, 0.1) is 5.82 Å². The Balaban J connectivity index is 1.75. The number of benzene rings is 1. The lowest BCUT2D eigenvalue weighted by molar-refractivity contribution is -0.0907. The summed E-state index contributed by atoms with van der Waals surface area (Å²) < 4.78 is 51.8. The molecule has 2 aliphatic heterocycles. The lowest BCUT2D eigenvalue weighted by atomic mass is 10.0. The van der Waals surface area contributed by atoms with Crippen LogP contribution in [0.4, 0.5) is 9.18 Å². The number of nitrogens with zero attached hydrogens (tertiary/aromatic N) is 2. The van der Waals surface area contributed by atoms with Gasteiger partial charge in [-0.05, 0) is 45.0 Å². The van der Waals surface area contributed by atoms with Crippen molar-refractivity contribution in [2.24, 2.45) is 0 Å². The van der Waals surface area contributed by atoms with Gasteiger partial charge >= 0.3 is 6.09 Å². The number of hydrogen-bond donors (Lipinski definition) is 0. The van der Waals surface area contributed by atoms with Gasteiger partial charge in [0, 0.05) is 32.5 Å². The van der Waals surface area contributed by atoms with E-state index in [9.17, 15) is 17.6 Å². The summed E-state index contributed by atoms with van der Waals surface area (Å²) in [6, 6.07) is 4.77. The van der Waals surface area contributed by atoms with E-state index >= 15 is 0 Å². The van der Waals surface area contributed by atoms with Gasteiger partial charge < -0.3 is 14.4 Å². The van der Waals surface area contributed by atoms with Crippen molar-refractivity contribution in [3.63, 3.8) is 0 Å². The second kappa shape index (κ2) is 7.03. The van der Waals surface area contributed by atoms with Gasteiger partial charge in [0.1, 0.15) is 17.1 Å². The summed E-state index contributed by atoms with van der Waals surface area (Å²) in [5.74, 6) is -0.494. The summed E-state index contributed by atoms with van der Waals surface area (Å²) in [5, 5.41) is 0. The van der Waals surface area contributed by atoms with E-state index in [0.717, 1.165) is 12.1 Å². The van der Waals surface area contributed by atoms with Crippen molar-refractivity contribution in [2.45, 2.75) is 49.8 Å². The third-order valence-electron chi connectivity index (χ3n) is 4.72. The lowest BCUT2D eigenvalue weighted by Gasteiger charge is -2.42. The van der Waals surface area contributed by atoms with E-state index in [1.165, 1.54) is 16.4 Å². The molecule has 1 spiro atoms. The smallest absolute Gasteiger partial charge is 0.410 e. The second-order valence-corrected chi connectivity index (χ2v) is 9.66. The highest BCUT2D eigenvalue weighted by Crippen LogP contribution is 2.38.